The molecule has 0 aliphatic carbocycles. The zero-order chi connectivity index (χ0) is 14.2. The molecule has 0 saturated carbocycles. The molecular formula is C13H13BrN2O3. The Morgan fingerprint density at radius 2 is 2.16 bits per heavy atom. The highest BCUT2D eigenvalue weighted by molar-refractivity contribution is 9.10. The number of aryl methyl sites for hydroxylation is 2. The van der Waals surface area contributed by atoms with Gasteiger partial charge in [-0.1, -0.05) is 0 Å². The Kier molecular flexibility index (Phi) is 3.71. The Hall–Kier alpha value is -1.69. The fourth-order valence-corrected chi connectivity index (χ4v) is 2.35. The van der Waals surface area contributed by atoms with E-state index < -0.39 is 5.97 Å². The molecule has 0 saturated heterocycles. The number of esters is 1. The van der Waals surface area contributed by atoms with Gasteiger partial charge >= 0.3 is 5.97 Å². The van der Waals surface area contributed by atoms with E-state index in [1.807, 2.05) is 0 Å². The van der Waals surface area contributed by atoms with Crippen LogP contribution < -0.4 is 5.56 Å². The molecule has 0 spiro atoms. The van der Waals surface area contributed by atoms with Crippen LogP contribution in [0.4, 0.5) is 0 Å². The summed E-state index contributed by atoms with van der Waals surface area (Å²) < 4.78 is 7.05. The fraction of sp³-hybridized carbons (Fsp3) is 0.308. The summed E-state index contributed by atoms with van der Waals surface area (Å²) in [4.78, 5) is 27.9. The van der Waals surface area contributed by atoms with Gasteiger partial charge in [-0.15, -0.1) is 0 Å². The third-order valence-corrected chi connectivity index (χ3v) is 3.48. The van der Waals surface area contributed by atoms with Crippen molar-refractivity contribution in [2.24, 2.45) is 7.05 Å². The number of hydrogen-bond acceptors (Lipinski definition) is 4. The lowest BCUT2D eigenvalue weighted by molar-refractivity contribution is 0.0525. The van der Waals surface area contributed by atoms with Gasteiger partial charge in [0.05, 0.1) is 23.2 Å². The highest BCUT2D eigenvalue weighted by atomic mass is 79.9. The van der Waals surface area contributed by atoms with Gasteiger partial charge in [-0.25, -0.2) is 9.78 Å². The van der Waals surface area contributed by atoms with E-state index in [9.17, 15) is 9.59 Å². The predicted octanol–water partition coefficient (Wildman–Crippen LogP) is 2.18. The maximum atomic E-state index is 11.8. The van der Waals surface area contributed by atoms with Crippen molar-refractivity contribution in [3.8, 4) is 0 Å². The number of carbonyl (C=O) groups excluding carboxylic acids is 1. The second-order valence-electron chi connectivity index (χ2n) is 4.10. The van der Waals surface area contributed by atoms with Gasteiger partial charge in [-0.3, -0.25) is 4.79 Å². The van der Waals surface area contributed by atoms with Gasteiger partial charge in [-0.2, -0.15) is 0 Å². The molecule has 0 amide bonds. The molecule has 0 N–H and O–H groups in total. The van der Waals surface area contributed by atoms with Crippen molar-refractivity contribution in [1.29, 1.82) is 0 Å². The van der Waals surface area contributed by atoms with Crippen LogP contribution in [0.15, 0.2) is 21.4 Å². The van der Waals surface area contributed by atoms with E-state index in [0.717, 1.165) is 0 Å². The summed E-state index contributed by atoms with van der Waals surface area (Å²) in [5.74, 6) is -0.427. The standard InChI is InChI=1S/C13H13BrN2O3/c1-4-19-13(18)8-5-11-10(6-9(8)14)15-7(2)12(17)16(11)3/h5-6H,4H2,1-3H3. The Balaban J connectivity index is 2.74. The summed E-state index contributed by atoms with van der Waals surface area (Å²) >= 11 is 3.33. The minimum Gasteiger partial charge on any atom is -0.462 e. The van der Waals surface area contributed by atoms with Crippen LogP contribution in [-0.2, 0) is 11.8 Å². The van der Waals surface area contributed by atoms with Gasteiger partial charge < -0.3 is 9.30 Å². The average molecular weight is 325 g/mol. The molecule has 0 bridgehead atoms. The monoisotopic (exact) mass is 324 g/mol. The van der Waals surface area contributed by atoms with Crippen molar-refractivity contribution < 1.29 is 9.53 Å². The van der Waals surface area contributed by atoms with Crippen LogP contribution in [0, 0.1) is 6.92 Å². The van der Waals surface area contributed by atoms with Gasteiger partial charge in [0.15, 0.2) is 0 Å². The second kappa shape index (κ2) is 5.13. The van der Waals surface area contributed by atoms with E-state index in [1.54, 1.807) is 33.0 Å². The first-order valence-electron chi connectivity index (χ1n) is 5.79. The largest absolute Gasteiger partial charge is 0.462 e. The molecular weight excluding hydrogens is 312 g/mol. The third-order valence-electron chi connectivity index (χ3n) is 2.82. The third kappa shape index (κ3) is 2.40. The van der Waals surface area contributed by atoms with Gasteiger partial charge in [0.2, 0.25) is 0 Å². The molecule has 1 aromatic heterocycles. The molecule has 19 heavy (non-hydrogen) atoms. The van der Waals surface area contributed by atoms with Gasteiger partial charge in [0.25, 0.3) is 5.56 Å². The molecule has 5 nitrogen and oxygen atoms in total. The molecule has 0 aliphatic rings. The minimum atomic E-state index is -0.427. The van der Waals surface area contributed by atoms with Gasteiger partial charge in [0, 0.05) is 11.5 Å². The molecule has 1 aromatic carbocycles. The summed E-state index contributed by atoms with van der Waals surface area (Å²) in [5.41, 5.74) is 1.88. The number of hydrogen-bond donors (Lipinski definition) is 0. The smallest absolute Gasteiger partial charge is 0.339 e. The molecule has 0 radical (unpaired) electrons. The molecule has 2 rings (SSSR count). The Labute approximate surface area is 118 Å². The lowest BCUT2D eigenvalue weighted by Gasteiger charge is -2.09. The number of nitrogens with zero attached hydrogens (tertiary/aromatic N) is 2. The Bertz CT molecular complexity index is 722. The van der Waals surface area contributed by atoms with Crippen LogP contribution >= 0.6 is 15.9 Å². The maximum absolute atomic E-state index is 11.8. The Morgan fingerprint density at radius 3 is 2.79 bits per heavy atom. The quantitative estimate of drug-likeness (QED) is 0.794. The molecule has 1 heterocycles. The van der Waals surface area contributed by atoms with Gasteiger partial charge in [-0.05, 0) is 41.9 Å². The van der Waals surface area contributed by atoms with Crippen LogP contribution in [0.3, 0.4) is 0 Å². The lowest BCUT2D eigenvalue weighted by atomic mass is 10.2. The number of fused-ring (bicyclic) bond motifs is 1. The zero-order valence-corrected chi connectivity index (χ0v) is 12.4. The van der Waals surface area contributed by atoms with E-state index in [-0.39, 0.29) is 5.56 Å². The first-order valence-corrected chi connectivity index (χ1v) is 6.59. The average Bonchev–Trinajstić information content (AvgIpc) is 2.36. The van der Waals surface area contributed by atoms with Crippen LogP contribution in [0.2, 0.25) is 0 Å². The topological polar surface area (TPSA) is 61.2 Å². The van der Waals surface area contributed by atoms with E-state index in [2.05, 4.69) is 20.9 Å². The SMILES string of the molecule is CCOC(=O)c1cc2c(cc1Br)nc(C)c(=O)n2C. The maximum Gasteiger partial charge on any atom is 0.339 e. The molecule has 0 unspecified atom stereocenters. The molecule has 100 valence electrons. The molecule has 0 aliphatic heterocycles. The zero-order valence-electron chi connectivity index (χ0n) is 10.9. The molecule has 0 atom stereocenters. The van der Waals surface area contributed by atoms with Crippen molar-refractivity contribution in [3.63, 3.8) is 0 Å². The van der Waals surface area contributed by atoms with Crippen LogP contribution in [0.1, 0.15) is 23.0 Å². The number of carbonyl (C=O) groups is 1. The summed E-state index contributed by atoms with van der Waals surface area (Å²) in [6, 6.07) is 3.33. The predicted molar refractivity (Wildman–Crippen MR) is 75.4 cm³/mol. The van der Waals surface area contributed by atoms with E-state index in [4.69, 9.17) is 4.74 Å². The summed E-state index contributed by atoms with van der Waals surface area (Å²) in [6.07, 6.45) is 0. The highest BCUT2D eigenvalue weighted by Gasteiger charge is 2.15. The van der Waals surface area contributed by atoms with Crippen LogP contribution in [0.5, 0.6) is 0 Å². The number of ether oxygens (including phenoxy) is 1. The highest BCUT2D eigenvalue weighted by Crippen LogP contribution is 2.23. The van der Waals surface area contributed by atoms with E-state index in [0.29, 0.717) is 33.4 Å². The van der Waals surface area contributed by atoms with Crippen molar-refractivity contribution in [2.75, 3.05) is 6.61 Å². The minimum absolute atomic E-state index is 0.176. The Morgan fingerprint density at radius 1 is 1.47 bits per heavy atom. The fourth-order valence-electron chi connectivity index (χ4n) is 1.86. The second-order valence-corrected chi connectivity index (χ2v) is 4.96. The van der Waals surface area contributed by atoms with E-state index in [1.165, 1.54) is 4.57 Å². The van der Waals surface area contributed by atoms with Gasteiger partial charge in [0.1, 0.15) is 5.69 Å². The van der Waals surface area contributed by atoms with Crippen molar-refractivity contribution in [1.82, 2.24) is 9.55 Å². The summed E-state index contributed by atoms with van der Waals surface area (Å²) in [7, 11) is 1.65. The van der Waals surface area contributed by atoms with Crippen LogP contribution in [0.25, 0.3) is 11.0 Å². The van der Waals surface area contributed by atoms with Crippen molar-refractivity contribution >= 4 is 32.9 Å². The number of halogens is 1. The van der Waals surface area contributed by atoms with Crippen molar-refractivity contribution in [2.45, 2.75) is 13.8 Å². The van der Waals surface area contributed by atoms with Crippen molar-refractivity contribution in [3.05, 3.63) is 38.2 Å². The number of rotatable bonds is 2. The molecule has 0 fully saturated rings. The first kappa shape index (κ1) is 13.7. The summed E-state index contributed by atoms with van der Waals surface area (Å²) in [6.45, 7) is 3.71. The van der Waals surface area contributed by atoms with E-state index >= 15 is 0 Å². The molecule has 2 aromatic rings. The van der Waals surface area contributed by atoms with Crippen LogP contribution in [-0.4, -0.2) is 22.1 Å². The first-order chi connectivity index (χ1) is 8.95. The lowest BCUT2D eigenvalue weighted by Crippen LogP contribution is -2.21. The summed E-state index contributed by atoms with van der Waals surface area (Å²) in [5, 5.41) is 0. The molecule has 6 heteroatoms. The normalized spacial score (nSPS) is 10.7. The number of aromatic nitrogens is 2. The number of benzene rings is 1.